The first kappa shape index (κ1) is 8.12. The standard InChI is InChI=1S/C8H10N.Na/c1-9(2)8-6-4-3-5-7-8;/h3-4,6-7H,1-2H3;. The monoisotopic (exact) mass is 143 g/mol. The maximum atomic E-state index is 2.23. The van der Waals surface area contributed by atoms with Gasteiger partial charge in [-0.1, -0.05) is 0 Å². The molecule has 0 unspecified atom stereocenters. The second-order valence-corrected chi connectivity index (χ2v) is 3.89. The summed E-state index contributed by atoms with van der Waals surface area (Å²) in [6, 6.07) is 8.63. The minimum absolute atomic E-state index is 1.14. The second-order valence-electron chi connectivity index (χ2n) is 2.73. The molecule has 0 aliphatic heterocycles. The van der Waals surface area contributed by atoms with Gasteiger partial charge in [0.05, 0.1) is 0 Å². The van der Waals surface area contributed by atoms with Crippen molar-refractivity contribution in [3.8, 4) is 0 Å². The molecule has 0 aromatic heterocycles. The summed E-state index contributed by atoms with van der Waals surface area (Å²) >= 11 is 1.14. The molecule has 0 N–H and O–H groups in total. The molecule has 0 spiro atoms. The molecule has 1 nitrogen and oxygen atoms in total. The Balaban J connectivity index is 2.96. The van der Waals surface area contributed by atoms with Crippen LogP contribution in [-0.4, -0.2) is 42.0 Å². The van der Waals surface area contributed by atoms with Crippen LogP contribution >= 0.6 is 0 Å². The SMILES string of the molecule is CN(C)c1ccc[c]([Na])c1. The number of anilines is 1. The van der Waals surface area contributed by atoms with Crippen LogP contribution in [0.25, 0.3) is 0 Å². The van der Waals surface area contributed by atoms with Gasteiger partial charge in [-0.2, -0.15) is 0 Å². The van der Waals surface area contributed by atoms with Gasteiger partial charge in [-0.25, -0.2) is 0 Å². The summed E-state index contributed by atoms with van der Waals surface area (Å²) in [6.07, 6.45) is 0. The van der Waals surface area contributed by atoms with Crippen molar-refractivity contribution < 1.29 is 0 Å². The molecule has 0 aliphatic rings. The van der Waals surface area contributed by atoms with Crippen molar-refractivity contribution in [1.29, 1.82) is 0 Å². The number of hydrogen-bond donors (Lipinski definition) is 0. The van der Waals surface area contributed by atoms with E-state index in [0.717, 1.165) is 27.9 Å². The van der Waals surface area contributed by atoms with Crippen LogP contribution in [0.15, 0.2) is 24.3 Å². The van der Waals surface area contributed by atoms with E-state index in [9.17, 15) is 0 Å². The molecule has 0 atom stereocenters. The Kier molecular flexibility index (Phi) is 2.78. The van der Waals surface area contributed by atoms with Crippen molar-refractivity contribution in [1.82, 2.24) is 0 Å². The maximum absolute atomic E-state index is 2.23. The van der Waals surface area contributed by atoms with Gasteiger partial charge in [0, 0.05) is 0 Å². The van der Waals surface area contributed by atoms with Crippen molar-refractivity contribution in [3.63, 3.8) is 0 Å². The Morgan fingerprint density at radius 1 is 1.30 bits per heavy atom. The summed E-state index contributed by atoms with van der Waals surface area (Å²) in [7, 11) is 4.13. The molecule has 0 saturated carbocycles. The molecule has 0 aliphatic carbocycles. The molecule has 1 aromatic carbocycles. The fourth-order valence-electron chi connectivity index (χ4n) is 0.906. The molecular weight excluding hydrogens is 133 g/mol. The van der Waals surface area contributed by atoms with E-state index in [2.05, 4.69) is 43.3 Å². The van der Waals surface area contributed by atoms with Crippen LogP contribution in [0.3, 0.4) is 0 Å². The van der Waals surface area contributed by atoms with Crippen LogP contribution in [0.4, 0.5) is 5.69 Å². The van der Waals surface area contributed by atoms with Gasteiger partial charge >= 0.3 is 79.7 Å². The van der Waals surface area contributed by atoms with Gasteiger partial charge in [0.25, 0.3) is 0 Å². The Morgan fingerprint density at radius 2 is 2.00 bits per heavy atom. The third-order valence-corrected chi connectivity index (χ3v) is 2.14. The molecule has 48 valence electrons. The van der Waals surface area contributed by atoms with Crippen molar-refractivity contribution in [3.05, 3.63) is 24.3 Å². The van der Waals surface area contributed by atoms with Crippen molar-refractivity contribution in [2.45, 2.75) is 0 Å². The third-order valence-electron chi connectivity index (χ3n) is 1.52. The average molecular weight is 143 g/mol. The van der Waals surface area contributed by atoms with Gasteiger partial charge in [-0.05, 0) is 0 Å². The first-order valence-electron chi connectivity index (χ1n) is 3.44. The van der Waals surface area contributed by atoms with Crippen LogP contribution in [0.2, 0.25) is 0 Å². The van der Waals surface area contributed by atoms with Crippen LogP contribution in [-0.2, 0) is 0 Å². The van der Waals surface area contributed by atoms with E-state index in [0.29, 0.717) is 0 Å². The zero-order valence-corrected chi connectivity index (χ0v) is 8.76. The predicted octanol–water partition coefficient (Wildman–Crippen LogP) is 0.546. The summed E-state index contributed by atoms with van der Waals surface area (Å²) in [6.45, 7) is 0. The fraction of sp³-hybridized carbons (Fsp3) is 0.250. The van der Waals surface area contributed by atoms with E-state index in [1.807, 2.05) is 0 Å². The number of nitrogens with zero attached hydrogens (tertiary/aromatic N) is 1. The van der Waals surface area contributed by atoms with Gasteiger partial charge < -0.3 is 0 Å². The Bertz CT molecular complexity index is 220. The van der Waals surface area contributed by atoms with Gasteiger partial charge in [0.2, 0.25) is 0 Å². The van der Waals surface area contributed by atoms with E-state index in [1.165, 1.54) is 8.50 Å². The van der Waals surface area contributed by atoms with Gasteiger partial charge in [0.15, 0.2) is 0 Å². The average Bonchev–Trinajstić information content (AvgIpc) is 1.88. The van der Waals surface area contributed by atoms with Crippen molar-refractivity contribution in [2.75, 3.05) is 19.0 Å². The van der Waals surface area contributed by atoms with E-state index in [-0.39, 0.29) is 0 Å². The molecule has 2 heteroatoms. The van der Waals surface area contributed by atoms with E-state index >= 15 is 0 Å². The Labute approximate surface area is 79.5 Å². The van der Waals surface area contributed by atoms with Crippen molar-refractivity contribution >= 4 is 36.4 Å². The zero-order chi connectivity index (χ0) is 7.56. The van der Waals surface area contributed by atoms with Crippen molar-refractivity contribution in [2.24, 2.45) is 0 Å². The van der Waals surface area contributed by atoms with Gasteiger partial charge in [-0.3, -0.25) is 0 Å². The fourth-order valence-corrected chi connectivity index (χ4v) is 1.39. The first-order valence-corrected chi connectivity index (χ1v) is 4.44. The predicted molar refractivity (Wildman–Crippen MR) is 46.2 cm³/mol. The summed E-state index contributed by atoms with van der Waals surface area (Å²) in [4.78, 5) is 2.13. The molecule has 0 radical (unpaired) electrons. The Hall–Kier alpha value is 0.0200. The number of hydrogen-bond acceptors (Lipinski definition) is 1. The zero-order valence-electron chi connectivity index (χ0n) is 6.76. The van der Waals surface area contributed by atoms with Gasteiger partial charge in [0.1, 0.15) is 0 Å². The summed E-state index contributed by atoms with van der Waals surface area (Å²) in [5, 5.41) is 0. The van der Waals surface area contributed by atoms with Crippen LogP contribution in [0, 0.1) is 0 Å². The second kappa shape index (κ2) is 3.42. The molecule has 0 saturated heterocycles. The number of rotatable bonds is 1. The van der Waals surface area contributed by atoms with Gasteiger partial charge in [-0.15, -0.1) is 0 Å². The van der Waals surface area contributed by atoms with E-state index in [1.54, 1.807) is 0 Å². The minimum atomic E-state index is 1.14. The van der Waals surface area contributed by atoms with Crippen LogP contribution in [0.5, 0.6) is 0 Å². The molecule has 0 bridgehead atoms. The Morgan fingerprint density at radius 3 is 2.40 bits per heavy atom. The van der Waals surface area contributed by atoms with Crippen LogP contribution < -0.4 is 7.71 Å². The molecule has 1 rings (SSSR count). The quantitative estimate of drug-likeness (QED) is 0.519. The normalized spacial score (nSPS) is 9.60. The number of benzene rings is 1. The van der Waals surface area contributed by atoms with E-state index < -0.39 is 0 Å². The summed E-state index contributed by atoms with van der Waals surface area (Å²) < 4.78 is 1.45. The molecular formula is C8H10NNa. The molecule has 0 fully saturated rings. The van der Waals surface area contributed by atoms with Crippen LogP contribution in [0.1, 0.15) is 0 Å². The molecule has 10 heavy (non-hydrogen) atoms. The molecule has 0 amide bonds. The van der Waals surface area contributed by atoms with E-state index in [4.69, 9.17) is 0 Å². The summed E-state index contributed by atoms with van der Waals surface area (Å²) in [5.41, 5.74) is 1.30. The topological polar surface area (TPSA) is 3.24 Å². The third kappa shape index (κ3) is 2.01. The molecule has 1 aromatic rings. The first-order chi connectivity index (χ1) is 4.70. The molecule has 0 heterocycles. The summed E-state index contributed by atoms with van der Waals surface area (Å²) in [5.74, 6) is 0.